The second kappa shape index (κ2) is 8.83. The molecule has 0 bridgehead atoms. The smallest absolute Gasteiger partial charge is 0.277 e. The third-order valence-corrected chi connectivity index (χ3v) is 6.06. The second-order valence-electron chi connectivity index (χ2n) is 6.65. The van der Waals surface area contributed by atoms with Crippen LogP contribution in [-0.2, 0) is 5.75 Å². The van der Waals surface area contributed by atoms with Crippen LogP contribution in [0.25, 0.3) is 34.0 Å². The van der Waals surface area contributed by atoms with Gasteiger partial charge in [0.25, 0.3) is 5.22 Å². The summed E-state index contributed by atoms with van der Waals surface area (Å²) in [5.74, 6) is 1.82. The van der Waals surface area contributed by atoms with Gasteiger partial charge in [0.05, 0.1) is 0 Å². The number of aromatic nitrogens is 6. The van der Waals surface area contributed by atoms with E-state index in [1.165, 1.54) is 11.8 Å². The summed E-state index contributed by atoms with van der Waals surface area (Å²) < 4.78 is 6.79. The zero-order valence-electron chi connectivity index (χ0n) is 16.1. The molecule has 7 nitrogen and oxygen atoms in total. The number of nitrogens with zero attached hydrogens (tertiary/aromatic N) is 5. The standard InChI is InChI=1S/C22H15BrN6OS/c23-17-11-9-16(10-12-17)21-26-27-22(30-21)31-13-14-5-7-15(8-6-14)18-3-1-2-4-19(18)20-24-28-29-25-20/h1-12H,13H2,(H,24,25,28,29). The molecule has 0 saturated heterocycles. The van der Waals surface area contributed by atoms with Crippen LogP contribution in [0.2, 0.25) is 0 Å². The van der Waals surface area contributed by atoms with Crippen LogP contribution in [0, 0.1) is 0 Å². The summed E-state index contributed by atoms with van der Waals surface area (Å²) in [6.45, 7) is 0. The van der Waals surface area contributed by atoms with Crippen molar-refractivity contribution in [1.82, 2.24) is 30.8 Å². The molecule has 0 aliphatic rings. The lowest BCUT2D eigenvalue weighted by atomic mass is 9.98. The largest absolute Gasteiger partial charge is 0.411 e. The summed E-state index contributed by atoms with van der Waals surface area (Å²) in [6, 6.07) is 24.2. The third-order valence-electron chi connectivity index (χ3n) is 4.64. The highest BCUT2D eigenvalue weighted by Crippen LogP contribution is 2.31. The zero-order valence-corrected chi connectivity index (χ0v) is 18.5. The fourth-order valence-corrected chi connectivity index (χ4v) is 4.09. The average Bonchev–Trinajstić information content (AvgIpc) is 3.51. The van der Waals surface area contributed by atoms with E-state index in [0.29, 0.717) is 16.9 Å². The molecule has 5 rings (SSSR count). The van der Waals surface area contributed by atoms with E-state index in [1.54, 1.807) is 0 Å². The van der Waals surface area contributed by atoms with Crippen LogP contribution in [0.4, 0.5) is 0 Å². The van der Waals surface area contributed by atoms with Gasteiger partial charge in [-0.2, -0.15) is 5.21 Å². The lowest BCUT2D eigenvalue weighted by Gasteiger charge is -2.07. The monoisotopic (exact) mass is 490 g/mol. The van der Waals surface area contributed by atoms with Gasteiger partial charge in [0.1, 0.15) is 0 Å². The van der Waals surface area contributed by atoms with Gasteiger partial charge in [-0.25, -0.2) is 0 Å². The normalized spacial score (nSPS) is 11.0. The molecule has 0 spiro atoms. The first kappa shape index (κ1) is 19.7. The molecule has 0 unspecified atom stereocenters. The summed E-state index contributed by atoms with van der Waals surface area (Å²) in [4.78, 5) is 0. The van der Waals surface area contributed by atoms with Gasteiger partial charge in [0.15, 0.2) is 0 Å². The maximum atomic E-state index is 5.78. The van der Waals surface area contributed by atoms with E-state index in [1.807, 2.05) is 42.5 Å². The van der Waals surface area contributed by atoms with Crippen molar-refractivity contribution in [3.05, 3.63) is 82.8 Å². The van der Waals surface area contributed by atoms with E-state index in [0.717, 1.165) is 38.0 Å². The molecule has 0 amide bonds. The summed E-state index contributed by atoms with van der Waals surface area (Å²) in [5.41, 5.74) is 5.13. The Balaban J connectivity index is 1.28. The minimum Gasteiger partial charge on any atom is -0.411 e. The summed E-state index contributed by atoms with van der Waals surface area (Å²) in [5, 5.41) is 23.2. The van der Waals surface area contributed by atoms with E-state index in [-0.39, 0.29) is 0 Å². The molecule has 3 aromatic carbocycles. The molecule has 0 atom stereocenters. The second-order valence-corrected chi connectivity index (χ2v) is 8.49. The number of rotatable bonds is 6. The lowest BCUT2D eigenvalue weighted by Crippen LogP contribution is -1.88. The zero-order chi connectivity index (χ0) is 21.0. The molecule has 2 aromatic heterocycles. The highest BCUT2D eigenvalue weighted by atomic mass is 79.9. The molecule has 152 valence electrons. The Morgan fingerprint density at radius 2 is 1.55 bits per heavy atom. The molecule has 31 heavy (non-hydrogen) atoms. The van der Waals surface area contributed by atoms with Gasteiger partial charge in [-0.3, -0.25) is 0 Å². The number of halogens is 1. The number of hydrogen-bond acceptors (Lipinski definition) is 7. The van der Waals surface area contributed by atoms with Crippen molar-refractivity contribution in [1.29, 1.82) is 0 Å². The molecular formula is C22H15BrN6OS. The summed E-state index contributed by atoms with van der Waals surface area (Å²) in [7, 11) is 0. The predicted molar refractivity (Wildman–Crippen MR) is 122 cm³/mol. The van der Waals surface area contributed by atoms with Crippen LogP contribution in [0.5, 0.6) is 0 Å². The van der Waals surface area contributed by atoms with Gasteiger partial charge in [-0.1, -0.05) is 76.2 Å². The highest BCUT2D eigenvalue weighted by Gasteiger charge is 2.12. The van der Waals surface area contributed by atoms with Crippen LogP contribution in [0.15, 0.2) is 86.9 Å². The van der Waals surface area contributed by atoms with Crippen molar-refractivity contribution in [3.63, 3.8) is 0 Å². The molecular weight excluding hydrogens is 476 g/mol. The van der Waals surface area contributed by atoms with E-state index >= 15 is 0 Å². The molecule has 1 N–H and O–H groups in total. The number of nitrogens with one attached hydrogen (secondary N) is 1. The van der Waals surface area contributed by atoms with Gasteiger partial charge in [-0.15, -0.1) is 20.4 Å². The Morgan fingerprint density at radius 1 is 0.806 bits per heavy atom. The van der Waals surface area contributed by atoms with Crippen molar-refractivity contribution >= 4 is 27.7 Å². The maximum Gasteiger partial charge on any atom is 0.277 e. The van der Waals surface area contributed by atoms with E-state index in [9.17, 15) is 0 Å². The van der Waals surface area contributed by atoms with Crippen molar-refractivity contribution in [2.24, 2.45) is 0 Å². The van der Waals surface area contributed by atoms with Crippen molar-refractivity contribution in [3.8, 4) is 34.0 Å². The van der Waals surface area contributed by atoms with Gasteiger partial charge in [-0.05, 0) is 46.2 Å². The van der Waals surface area contributed by atoms with Crippen LogP contribution in [0.1, 0.15) is 5.56 Å². The Morgan fingerprint density at radius 3 is 2.29 bits per heavy atom. The Hall–Kier alpha value is -3.30. The van der Waals surface area contributed by atoms with Crippen molar-refractivity contribution in [2.75, 3.05) is 0 Å². The Kier molecular flexibility index (Phi) is 5.59. The van der Waals surface area contributed by atoms with Gasteiger partial charge >= 0.3 is 0 Å². The Labute approximate surface area is 190 Å². The fourth-order valence-electron chi connectivity index (χ4n) is 3.11. The van der Waals surface area contributed by atoms with E-state index in [2.05, 4.69) is 77.1 Å². The number of hydrogen-bond donors (Lipinski definition) is 1. The molecule has 9 heteroatoms. The molecule has 0 saturated carbocycles. The van der Waals surface area contributed by atoms with Gasteiger partial charge < -0.3 is 4.42 Å². The van der Waals surface area contributed by atoms with E-state index < -0.39 is 0 Å². The molecule has 5 aromatic rings. The maximum absolute atomic E-state index is 5.78. The molecule has 0 radical (unpaired) electrons. The topological polar surface area (TPSA) is 93.4 Å². The highest BCUT2D eigenvalue weighted by molar-refractivity contribution is 9.10. The minimum atomic E-state index is 0.517. The minimum absolute atomic E-state index is 0.517. The van der Waals surface area contributed by atoms with E-state index in [4.69, 9.17) is 4.42 Å². The number of tetrazole rings is 1. The number of aromatic amines is 1. The molecule has 0 aliphatic carbocycles. The van der Waals surface area contributed by atoms with Crippen molar-refractivity contribution in [2.45, 2.75) is 11.0 Å². The number of benzene rings is 3. The summed E-state index contributed by atoms with van der Waals surface area (Å²) >= 11 is 4.94. The Bertz CT molecular complexity index is 1290. The van der Waals surface area contributed by atoms with Crippen LogP contribution < -0.4 is 0 Å². The van der Waals surface area contributed by atoms with Crippen molar-refractivity contribution < 1.29 is 4.42 Å². The molecule has 2 heterocycles. The lowest BCUT2D eigenvalue weighted by molar-refractivity contribution is 0.466. The molecule has 0 aliphatic heterocycles. The number of thioether (sulfide) groups is 1. The first-order valence-electron chi connectivity index (χ1n) is 9.41. The SMILES string of the molecule is Brc1ccc(-c2nnc(SCc3ccc(-c4ccccc4-c4nn[nH]n4)cc3)o2)cc1. The van der Waals surface area contributed by atoms with Gasteiger partial charge in [0, 0.05) is 21.4 Å². The quantitative estimate of drug-likeness (QED) is 0.307. The van der Waals surface area contributed by atoms with Crippen LogP contribution in [-0.4, -0.2) is 30.8 Å². The summed E-state index contributed by atoms with van der Waals surface area (Å²) in [6.07, 6.45) is 0. The van der Waals surface area contributed by atoms with Crippen LogP contribution >= 0.6 is 27.7 Å². The first-order chi connectivity index (χ1) is 15.3. The van der Waals surface area contributed by atoms with Gasteiger partial charge in [0.2, 0.25) is 11.7 Å². The first-order valence-corrected chi connectivity index (χ1v) is 11.2. The fraction of sp³-hybridized carbons (Fsp3) is 0.0455. The molecule has 0 fully saturated rings. The number of H-pyrrole nitrogens is 1. The third kappa shape index (κ3) is 4.42. The van der Waals surface area contributed by atoms with Crippen LogP contribution in [0.3, 0.4) is 0 Å². The predicted octanol–water partition coefficient (Wildman–Crippen LogP) is 5.64. The average molecular weight is 491 g/mol.